The maximum Gasteiger partial charge on any atom is 0.330 e. The topological polar surface area (TPSA) is 52.3 Å². The Labute approximate surface area is 101 Å². The monoisotopic (exact) mass is 241 g/mol. The summed E-state index contributed by atoms with van der Waals surface area (Å²) in [6.07, 6.45) is 0.464. The number of benzene rings is 1. The van der Waals surface area contributed by atoms with Crippen LogP contribution in [0.3, 0.4) is 0 Å². The van der Waals surface area contributed by atoms with Gasteiger partial charge in [0.15, 0.2) is 0 Å². The average molecular weight is 242 g/mol. The first-order chi connectivity index (χ1) is 7.54. The summed E-state index contributed by atoms with van der Waals surface area (Å²) in [6, 6.07) is 6.99. The first-order valence-corrected chi connectivity index (χ1v) is 5.64. The number of carbonyl (C=O) groups excluding carboxylic acids is 1. The molecule has 0 aliphatic heterocycles. The van der Waals surface area contributed by atoms with Crippen LogP contribution in [0.25, 0.3) is 0 Å². The van der Waals surface area contributed by atoms with Crippen LogP contribution in [0.5, 0.6) is 0 Å². The molecule has 1 atom stereocenters. The molecule has 0 fully saturated rings. The van der Waals surface area contributed by atoms with Crippen molar-refractivity contribution in [1.29, 1.82) is 0 Å². The Balaban J connectivity index is 3.09. The smallest absolute Gasteiger partial charge is 0.330 e. The second-order valence-corrected chi connectivity index (χ2v) is 3.99. The van der Waals surface area contributed by atoms with Crippen molar-refractivity contribution in [3.05, 3.63) is 34.9 Å². The molecule has 2 N–H and O–H groups in total. The molecule has 1 aromatic carbocycles. The van der Waals surface area contributed by atoms with E-state index < -0.39 is 11.5 Å². The van der Waals surface area contributed by atoms with Crippen molar-refractivity contribution in [3.8, 4) is 0 Å². The Morgan fingerprint density at radius 3 is 2.69 bits per heavy atom. The van der Waals surface area contributed by atoms with Gasteiger partial charge in [0.1, 0.15) is 5.54 Å². The van der Waals surface area contributed by atoms with E-state index in [4.69, 9.17) is 22.1 Å². The second kappa shape index (κ2) is 5.32. The Morgan fingerprint density at radius 1 is 1.50 bits per heavy atom. The normalized spacial score (nSPS) is 14.2. The van der Waals surface area contributed by atoms with Crippen LogP contribution in [0.4, 0.5) is 0 Å². The van der Waals surface area contributed by atoms with E-state index in [1.807, 2.05) is 6.92 Å². The lowest BCUT2D eigenvalue weighted by Crippen LogP contribution is -2.45. The molecule has 1 aromatic rings. The molecule has 0 aliphatic carbocycles. The number of carbonyl (C=O) groups is 1. The van der Waals surface area contributed by atoms with E-state index in [2.05, 4.69) is 0 Å². The zero-order valence-corrected chi connectivity index (χ0v) is 10.3. The van der Waals surface area contributed by atoms with Crippen molar-refractivity contribution < 1.29 is 9.53 Å². The van der Waals surface area contributed by atoms with Gasteiger partial charge in [0.25, 0.3) is 0 Å². The molecule has 0 bridgehead atoms. The number of ether oxygens (including phenoxy) is 1. The number of esters is 1. The van der Waals surface area contributed by atoms with Crippen LogP contribution in [-0.4, -0.2) is 12.6 Å². The minimum Gasteiger partial charge on any atom is -0.464 e. The highest BCUT2D eigenvalue weighted by Gasteiger charge is 2.35. The summed E-state index contributed by atoms with van der Waals surface area (Å²) in [5.74, 6) is -0.417. The molecule has 4 heteroatoms. The predicted octanol–water partition coefficient (Wildman–Crippen LogP) is 2.47. The van der Waals surface area contributed by atoms with Crippen LogP contribution in [0.1, 0.15) is 25.8 Å². The molecule has 0 aromatic heterocycles. The molecular formula is C12H16ClNO2. The zero-order valence-electron chi connectivity index (χ0n) is 9.50. The molecule has 0 saturated carbocycles. The van der Waals surface area contributed by atoms with Crippen LogP contribution in [0, 0.1) is 0 Å². The fraction of sp³-hybridized carbons (Fsp3) is 0.417. The van der Waals surface area contributed by atoms with Crippen molar-refractivity contribution in [2.45, 2.75) is 25.8 Å². The van der Waals surface area contributed by atoms with Crippen molar-refractivity contribution in [1.82, 2.24) is 0 Å². The molecule has 0 aliphatic rings. The quantitative estimate of drug-likeness (QED) is 0.824. The van der Waals surface area contributed by atoms with E-state index >= 15 is 0 Å². The van der Waals surface area contributed by atoms with Gasteiger partial charge in [-0.25, -0.2) is 4.79 Å². The zero-order chi connectivity index (χ0) is 12.2. The van der Waals surface area contributed by atoms with Gasteiger partial charge in [-0.1, -0.05) is 30.7 Å². The van der Waals surface area contributed by atoms with Gasteiger partial charge in [0.05, 0.1) is 6.61 Å². The average Bonchev–Trinajstić information content (AvgIpc) is 2.28. The Kier molecular flexibility index (Phi) is 4.33. The second-order valence-electron chi connectivity index (χ2n) is 3.56. The standard InChI is InChI=1S/C12H16ClNO2/c1-3-12(14,11(15)16-4-2)9-6-5-7-10(13)8-9/h5-8H,3-4,14H2,1-2H3. The summed E-state index contributed by atoms with van der Waals surface area (Å²) in [5, 5.41) is 0.560. The summed E-state index contributed by atoms with van der Waals surface area (Å²) < 4.78 is 4.99. The third-order valence-electron chi connectivity index (χ3n) is 2.54. The first kappa shape index (κ1) is 13.0. The molecule has 0 heterocycles. The number of hydrogen-bond acceptors (Lipinski definition) is 3. The summed E-state index contributed by atoms with van der Waals surface area (Å²) in [4.78, 5) is 11.8. The maximum absolute atomic E-state index is 11.8. The van der Waals surface area contributed by atoms with E-state index in [0.717, 1.165) is 0 Å². The van der Waals surface area contributed by atoms with Gasteiger partial charge in [0.2, 0.25) is 0 Å². The Bertz CT molecular complexity index is 381. The number of halogens is 1. The Hall–Kier alpha value is -1.06. The molecule has 0 saturated heterocycles. The summed E-state index contributed by atoms with van der Waals surface area (Å²) in [5.41, 5.74) is 5.66. The largest absolute Gasteiger partial charge is 0.464 e. The van der Waals surface area contributed by atoms with Crippen molar-refractivity contribution in [3.63, 3.8) is 0 Å². The SMILES string of the molecule is CCOC(=O)C(N)(CC)c1cccc(Cl)c1. The predicted molar refractivity (Wildman–Crippen MR) is 64.2 cm³/mol. The van der Waals surface area contributed by atoms with Gasteiger partial charge in [-0.3, -0.25) is 0 Å². The molecule has 1 unspecified atom stereocenters. The van der Waals surface area contributed by atoms with Crippen LogP contribution >= 0.6 is 11.6 Å². The fourth-order valence-corrected chi connectivity index (χ4v) is 1.68. The number of nitrogens with two attached hydrogens (primary N) is 1. The number of hydrogen-bond donors (Lipinski definition) is 1. The van der Waals surface area contributed by atoms with Gasteiger partial charge < -0.3 is 10.5 Å². The molecule has 88 valence electrons. The molecule has 1 rings (SSSR count). The maximum atomic E-state index is 11.8. The highest BCUT2D eigenvalue weighted by atomic mass is 35.5. The molecule has 0 spiro atoms. The van der Waals surface area contributed by atoms with Crippen molar-refractivity contribution in [2.75, 3.05) is 6.61 Å². The van der Waals surface area contributed by atoms with Gasteiger partial charge in [-0.05, 0) is 31.0 Å². The van der Waals surface area contributed by atoms with E-state index in [0.29, 0.717) is 23.6 Å². The van der Waals surface area contributed by atoms with Crippen LogP contribution in [0.2, 0.25) is 5.02 Å². The van der Waals surface area contributed by atoms with Crippen LogP contribution in [-0.2, 0) is 15.1 Å². The summed E-state index contributed by atoms with van der Waals surface area (Å²) in [6.45, 7) is 3.92. The lowest BCUT2D eigenvalue weighted by Gasteiger charge is -2.26. The third kappa shape index (κ3) is 2.54. The van der Waals surface area contributed by atoms with E-state index in [1.54, 1.807) is 31.2 Å². The lowest BCUT2D eigenvalue weighted by molar-refractivity contribution is -0.150. The van der Waals surface area contributed by atoms with Crippen molar-refractivity contribution in [2.24, 2.45) is 5.73 Å². The summed E-state index contributed by atoms with van der Waals surface area (Å²) >= 11 is 5.88. The molecule has 0 radical (unpaired) electrons. The van der Waals surface area contributed by atoms with Crippen molar-refractivity contribution >= 4 is 17.6 Å². The third-order valence-corrected chi connectivity index (χ3v) is 2.77. The highest BCUT2D eigenvalue weighted by Crippen LogP contribution is 2.26. The fourth-order valence-electron chi connectivity index (χ4n) is 1.49. The molecular weight excluding hydrogens is 226 g/mol. The minimum absolute atomic E-state index is 0.318. The summed E-state index contributed by atoms with van der Waals surface area (Å²) in [7, 11) is 0. The van der Waals surface area contributed by atoms with E-state index in [-0.39, 0.29) is 0 Å². The molecule has 16 heavy (non-hydrogen) atoms. The van der Waals surface area contributed by atoms with E-state index in [9.17, 15) is 4.79 Å². The minimum atomic E-state index is -1.11. The van der Waals surface area contributed by atoms with E-state index in [1.165, 1.54) is 0 Å². The molecule has 0 amide bonds. The van der Waals surface area contributed by atoms with Gasteiger partial charge in [-0.2, -0.15) is 0 Å². The first-order valence-electron chi connectivity index (χ1n) is 5.26. The number of rotatable bonds is 4. The van der Waals surface area contributed by atoms with Gasteiger partial charge >= 0.3 is 5.97 Å². The Morgan fingerprint density at radius 2 is 2.19 bits per heavy atom. The highest BCUT2D eigenvalue weighted by molar-refractivity contribution is 6.30. The van der Waals surface area contributed by atoms with Gasteiger partial charge in [-0.15, -0.1) is 0 Å². The van der Waals surface area contributed by atoms with Crippen LogP contribution < -0.4 is 5.73 Å². The van der Waals surface area contributed by atoms with Crippen LogP contribution in [0.15, 0.2) is 24.3 Å². The van der Waals surface area contributed by atoms with Gasteiger partial charge in [0, 0.05) is 5.02 Å². The molecule has 3 nitrogen and oxygen atoms in total. The lowest BCUT2D eigenvalue weighted by atomic mass is 9.88.